The number of rotatable bonds is 5. The van der Waals surface area contributed by atoms with Gasteiger partial charge in [0.2, 0.25) is 0 Å². The van der Waals surface area contributed by atoms with Crippen LogP contribution in [0.15, 0.2) is 53.0 Å². The Morgan fingerprint density at radius 1 is 0.971 bits per heavy atom. The van der Waals surface area contributed by atoms with Gasteiger partial charge in [-0.05, 0) is 42.0 Å². The monoisotopic (exact) mass is 573 g/mol. The van der Waals surface area contributed by atoms with Gasteiger partial charge in [0.05, 0.1) is 12.6 Å². The van der Waals surface area contributed by atoms with Gasteiger partial charge in [-0.1, -0.05) is 39.7 Å². The first kappa shape index (κ1) is 25.9. The molecule has 11 heteroatoms. The molecule has 0 aliphatic carbocycles. The fourth-order valence-corrected chi connectivity index (χ4v) is 4.86. The molecule has 0 aromatic heterocycles. The summed E-state index contributed by atoms with van der Waals surface area (Å²) in [4.78, 5) is 30.3. The SMILES string of the molecule is O=C(c1ccc(Cl)cc1)N1C[C@H](OC(=O)C(F)(F)F)[C@@H](N2CCN(Cc3ccc(Br)cc3)CC2)C1. The van der Waals surface area contributed by atoms with Crippen molar-refractivity contribution in [3.8, 4) is 0 Å². The van der Waals surface area contributed by atoms with Crippen molar-refractivity contribution in [1.82, 2.24) is 14.7 Å². The van der Waals surface area contributed by atoms with Gasteiger partial charge in [-0.15, -0.1) is 0 Å². The van der Waals surface area contributed by atoms with Crippen molar-refractivity contribution in [3.63, 3.8) is 0 Å². The van der Waals surface area contributed by atoms with Crippen LogP contribution in [0.1, 0.15) is 15.9 Å². The van der Waals surface area contributed by atoms with Crippen molar-refractivity contribution in [2.24, 2.45) is 0 Å². The molecule has 4 rings (SSSR count). The van der Waals surface area contributed by atoms with Gasteiger partial charge in [-0.2, -0.15) is 13.2 Å². The minimum absolute atomic E-state index is 0.104. The van der Waals surface area contributed by atoms with E-state index in [4.69, 9.17) is 16.3 Å². The highest BCUT2D eigenvalue weighted by Crippen LogP contribution is 2.26. The molecular weight excluding hydrogens is 551 g/mol. The van der Waals surface area contributed by atoms with E-state index in [1.165, 1.54) is 10.5 Å². The molecule has 0 unspecified atom stereocenters. The topological polar surface area (TPSA) is 53.1 Å². The molecule has 2 atom stereocenters. The number of carbonyl (C=O) groups is 2. The van der Waals surface area contributed by atoms with E-state index in [-0.39, 0.29) is 19.0 Å². The standard InChI is InChI=1S/C24H24BrClF3N3O3/c25-18-5-1-16(2-6-18)13-30-9-11-31(12-10-30)20-14-32(15-21(20)35-23(34)24(27,28)29)22(33)17-3-7-19(26)8-4-17/h1-8,20-21H,9-15H2/t20-,21-/m0/s1. The number of hydrogen-bond acceptors (Lipinski definition) is 5. The average molecular weight is 575 g/mol. The van der Waals surface area contributed by atoms with Gasteiger partial charge in [-0.3, -0.25) is 14.6 Å². The normalized spacial score (nSPS) is 21.8. The van der Waals surface area contributed by atoms with E-state index >= 15 is 0 Å². The zero-order chi connectivity index (χ0) is 25.2. The van der Waals surface area contributed by atoms with Gasteiger partial charge in [0, 0.05) is 54.3 Å². The Hall–Kier alpha value is -2.14. The van der Waals surface area contributed by atoms with Crippen LogP contribution < -0.4 is 0 Å². The summed E-state index contributed by atoms with van der Waals surface area (Å²) >= 11 is 9.32. The van der Waals surface area contributed by atoms with Crippen LogP contribution in [0.4, 0.5) is 13.2 Å². The number of amides is 1. The van der Waals surface area contributed by atoms with E-state index < -0.39 is 24.3 Å². The number of piperazine rings is 1. The molecule has 2 saturated heterocycles. The molecule has 2 aliphatic rings. The second-order valence-electron chi connectivity index (χ2n) is 8.66. The molecule has 188 valence electrons. The Morgan fingerprint density at radius 3 is 2.20 bits per heavy atom. The molecule has 0 N–H and O–H groups in total. The second-order valence-corrected chi connectivity index (χ2v) is 10.0. The van der Waals surface area contributed by atoms with E-state index in [1.807, 2.05) is 29.2 Å². The molecule has 2 aromatic rings. The van der Waals surface area contributed by atoms with Crippen LogP contribution in [0.2, 0.25) is 5.02 Å². The second kappa shape index (κ2) is 10.9. The van der Waals surface area contributed by atoms with Crippen molar-refractivity contribution in [3.05, 3.63) is 69.2 Å². The third kappa shape index (κ3) is 6.55. The lowest BCUT2D eigenvalue weighted by molar-refractivity contribution is -0.206. The predicted octanol–water partition coefficient (Wildman–Crippen LogP) is 4.22. The summed E-state index contributed by atoms with van der Waals surface area (Å²) in [5, 5.41) is 0.471. The molecule has 35 heavy (non-hydrogen) atoms. The van der Waals surface area contributed by atoms with Crippen LogP contribution in [0.3, 0.4) is 0 Å². The molecule has 2 aliphatic heterocycles. The van der Waals surface area contributed by atoms with E-state index in [0.717, 1.165) is 11.0 Å². The number of benzene rings is 2. The van der Waals surface area contributed by atoms with Gasteiger partial charge < -0.3 is 9.64 Å². The van der Waals surface area contributed by atoms with Crippen LogP contribution in [0.5, 0.6) is 0 Å². The van der Waals surface area contributed by atoms with Crippen LogP contribution in [0, 0.1) is 0 Å². The van der Waals surface area contributed by atoms with Gasteiger partial charge in [-0.25, -0.2) is 4.79 Å². The minimum atomic E-state index is -5.10. The number of alkyl halides is 3. The van der Waals surface area contributed by atoms with Crippen molar-refractivity contribution in [2.45, 2.75) is 24.9 Å². The van der Waals surface area contributed by atoms with E-state index in [9.17, 15) is 22.8 Å². The van der Waals surface area contributed by atoms with Crippen LogP contribution in [0.25, 0.3) is 0 Å². The highest BCUT2D eigenvalue weighted by molar-refractivity contribution is 9.10. The summed E-state index contributed by atoms with van der Waals surface area (Å²) < 4.78 is 44.6. The number of ether oxygens (including phenoxy) is 1. The summed E-state index contributed by atoms with van der Waals surface area (Å²) in [6.07, 6.45) is -6.17. The predicted molar refractivity (Wildman–Crippen MR) is 128 cm³/mol. The smallest absolute Gasteiger partial charge is 0.452 e. The van der Waals surface area contributed by atoms with E-state index in [1.54, 1.807) is 24.3 Å². The maximum absolute atomic E-state index is 13.0. The lowest BCUT2D eigenvalue weighted by Gasteiger charge is -2.39. The molecule has 2 aromatic carbocycles. The van der Waals surface area contributed by atoms with Gasteiger partial charge in [0.15, 0.2) is 0 Å². The molecule has 0 spiro atoms. The first-order chi connectivity index (χ1) is 16.6. The molecule has 1 amide bonds. The third-order valence-electron chi connectivity index (χ3n) is 6.30. The summed E-state index contributed by atoms with van der Waals surface area (Å²) in [7, 11) is 0. The number of likely N-dealkylation sites (tertiary alicyclic amines) is 1. The first-order valence-electron chi connectivity index (χ1n) is 11.1. The Kier molecular flexibility index (Phi) is 8.05. The molecule has 0 radical (unpaired) electrons. The van der Waals surface area contributed by atoms with Gasteiger partial charge in [0.25, 0.3) is 5.91 Å². The van der Waals surface area contributed by atoms with Crippen molar-refractivity contribution >= 4 is 39.4 Å². The average Bonchev–Trinajstić information content (AvgIpc) is 3.24. The molecule has 6 nitrogen and oxygen atoms in total. The first-order valence-corrected chi connectivity index (χ1v) is 12.3. The molecular formula is C24H24BrClF3N3O3. The van der Waals surface area contributed by atoms with Gasteiger partial charge in [0.1, 0.15) is 6.10 Å². The van der Waals surface area contributed by atoms with Crippen molar-refractivity contribution < 1.29 is 27.5 Å². The largest absolute Gasteiger partial charge is 0.490 e. The van der Waals surface area contributed by atoms with Crippen LogP contribution in [-0.2, 0) is 16.1 Å². The van der Waals surface area contributed by atoms with E-state index in [2.05, 4.69) is 20.8 Å². The Balaban J connectivity index is 1.43. The van der Waals surface area contributed by atoms with Crippen molar-refractivity contribution in [1.29, 1.82) is 0 Å². The van der Waals surface area contributed by atoms with E-state index in [0.29, 0.717) is 36.8 Å². The molecule has 0 saturated carbocycles. The fraction of sp³-hybridized carbons (Fsp3) is 0.417. The number of carbonyl (C=O) groups excluding carboxylic acids is 2. The summed E-state index contributed by atoms with van der Waals surface area (Å²) in [6.45, 7) is 3.42. The fourth-order valence-electron chi connectivity index (χ4n) is 4.47. The van der Waals surface area contributed by atoms with Crippen LogP contribution in [-0.4, -0.2) is 84.2 Å². The molecule has 2 heterocycles. The Labute approximate surface area is 214 Å². The zero-order valence-electron chi connectivity index (χ0n) is 18.7. The number of esters is 1. The lowest BCUT2D eigenvalue weighted by Crippen LogP contribution is -2.54. The molecule has 0 bridgehead atoms. The Morgan fingerprint density at radius 2 is 1.60 bits per heavy atom. The number of halogens is 5. The number of nitrogens with zero attached hydrogens (tertiary/aromatic N) is 3. The summed E-state index contributed by atoms with van der Waals surface area (Å²) in [6, 6.07) is 13.8. The maximum Gasteiger partial charge on any atom is 0.490 e. The lowest BCUT2D eigenvalue weighted by atomic mass is 10.1. The Bertz CT molecular complexity index is 1040. The van der Waals surface area contributed by atoms with Crippen molar-refractivity contribution in [2.75, 3.05) is 39.3 Å². The highest BCUT2D eigenvalue weighted by Gasteiger charge is 2.47. The van der Waals surface area contributed by atoms with Gasteiger partial charge >= 0.3 is 12.1 Å². The number of hydrogen-bond donors (Lipinski definition) is 0. The third-order valence-corrected chi connectivity index (χ3v) is 7.08. The summed E-state index contributed by atoms with van der Waals surface area (Å²) in [5.74, 6) is -2.58. The molecule has 2 fully saturated rings. The van der Waals surface area contributed by atoms with Crippen LogP contribution >= 0.6 is 27.5 Å². The minimum Gasteiger partial charge on any atom is -0.452 e. The summed E-state index contributed by atoms with van der Waals surface area (Å²) in [5.41, 5.74) is 1.54. The maximum atomic E-state index is 13.0. The highest BCUT2D eigenvalue weighted by atomic mass is 79.9. The quantitative estimate of drug-likeness (QED) is 0.501. The zero-order valence-corrected chi connectivity index (χ0v) is 21.0.